The first-order valence-corrected chi connectivity index (χ1v) is 28.7. The van der Waals surface area contributed by atoms with Crippen molar-refractivity contribution in [3.05, 3.63) is 0 Å². The number of hydrogen-bond acceptors (Lipinski definition) is 7. The minimum Gasteiger partial charge on any atom is -0.462 e. The molecule has 0 bridgehead atoms. The van der Waals surface area contributed by atoms with Gasteiger partial charge in [-0.25, -0.2) is 4.79 Å². The van der Waals surface area contributed by atoms with Crippen LogP contribution in [0.25, 0.3) is 0 Å². The van der Waals surface area contributed by atoms with Gasteiger partial charge in [-0.3, -0.25) is 9.59 Å². The highest BCUT2D eigenvalue weighted by atomic mass is 16.6. The lowest BCUT2D eigenvalue weighted by molar-refractivity contribution is -0.151. The molecule has 0 fully saturated rings. The number of carbonyl (C=O) groups is 3. The first-order chi connectivity index (χ1) is 31.7. The van der Waals surface area contributed by atoms with Gasteiger partial charge in [-0.1, -0.05) is 189 Å². The molecule has 0 aliphatic carbocycles. The summed E-state index contributed by atoms with van der Waals surface area (Å²) in [6.07, 6.45) is 45.2. The van der Waals surface area contributed by atoms with Crippen LogP contribution in [0.2, 0.25) is 0 Å². The van der Waals surface area contributed by atoms with Crippen LogP contribution in [0.1, 0.15) is 298 Å². The number of rotatable bonds is 50. The predicted octanol–water partition coefficient (Wildman–Crippen LogP) is 17.3. The van der Waals surface area contributed by atoms with Gasteiger partial charge in [0, 0.05) is 32.5 Å². The van der Waals surface area contributed by atoms with Crippen molar-refractivity contribution in [3.8, 4) is 0 Å². The van der Waals surface area contributed by atoms with Gasteiger partial charge in [-0.15, -0.1) is 0 Å². The SMILES string of the molecule is CCCCCCCN(CCN(C)C)C(=O)OC(CCCCCCCCC(=O)OC(CCCCCC)CCCCCC)CCCCCCCCC(=O)OC(CCCCCC)CCCCCC. The quantitative estimate of drug-likeness (QED) is 0.0341. The van der Waals surface area contributed by atoms with Gasteiger partial charge in [0.05, 0.1) is 0 Å². The van der Waals surface area contributed by atoms with Crippen molar-refractivity contribution >= 4 is 18.0 Å². The van der Waals surface area contributed by atoms with Crippen molar-refractivity contribution in [1.82, 2.24) is 9.80 Å². The van der Waals surface area contributed by atoms with E-state index < -0.39 is 0 Å². The minimum absolute atomic E-state index is 0.00350. The van der Waals surface area contributed by atoms with E-state index in [0.29, 0.717) is 19.4 Å². The third kappa shape index (κ3) is 43.2. The van der Waals surface area contributed by atoms with Crippen LogP contribution in [0.15, 0.2) is 0 Å². The normalized spacial score (nSPS) is 11.7. The molecule has 0 aliphatic heterocycles. The Morgan fingerprint density at radius 1 is 0.323 bits per heavy atom. The Labute approximate surface area is 405 Å². The van der Waals surface area contributed by atoms with Crippen molar-refractivity contribution in [2.24, 2.45) is 0 Å². The van der Waals surface area contributed by atoms with E-state index in [4.69, 9.17) is 14.2 Å². The molecule has 0 saturated carbocycles. The molecule has 0 radical (unpaired) electrons. The van der Waals surface area contributed by atoms with Crippen molar-refractivity contribution in [2.75, 3.05) is 33.7 Å². The summed E-state index contributed by atoms with van der Waals surface area (Å²) in [4.78, 5) is 43.3. The lowest BCUT2D eigenvalue weighted by Crippen LogP contribution is -2.39. The molecular weight excluding hydrogens is 809 g/mol. The van der Waals surface area contributed by atoms with E-state index in [1.54, 1.807) is 0 Å². The molecule has 0 saturated heterocycles. The van der Waals surface area contributed by atoms with Crippen LogP contribution in [-0.2, 0) is 23.8 Å². The maximum absolute atomic E-state index is 13.7. The molecule has 65 heavy (non-hydrogen) atoms. The Hall–Kier alpha value is -1.83. The third-order valence-corrected chi connectivity index (χ3v) is 13.3. The number of ether oxygens (including phenoxy) is 3. The monoisotopic (exact) mass is 921 g/mol. The molecule has 1 amide bonds. The van der Waals surface area contributed by atoms with Gasteiger partial charge in [0.2, 0.25) is 0 Å². The standard InChI is InChI=1S/C57H112N2O6/c1-8-13-18-31-40-49-59(51-50-58(6)7)57(62)65-54(45-36-27-23-25-29-38-47-55(60)63-52(41-32-19-14-9-2)42-33-20-15-10-3)46-37-28-24-26-30-39-48-56(61)64-53(43-34-21-16-11-4)44-35-22-17-12-5/h52-54H,8-51H2,1-7H3. The second-order valence-electron chi connectivity index (χ2n) is 20.2. The Morgan fingerprint density at radius 3 is 0.938 bits per heavy atom. The summed E-state index contributed by atoms with van der Waals surface area (Å²) in [7, 11) is 4.13. The van der Waals surface area contributed by atoms with Gasteiger partial charge in [0.25, 0.3) is 0 Å². The van der Waals surface area contributed by atoms with Crippen LogP contribution in [0.3, 0.4) is 0 Å². The van der Waals surface area contributed by atoms with Crippen LogP contribution < -0.4 is 0 Å². The summed E-state index contributed by atoms with van der Waals surface area (Å²) >= 11 is 0. The largest absolute Gasteiger partial charge is 0.462 e. The zero-order valence-electron chi connectivity index (χ0n) is 44.7. The third-order valence-electron chi connectivity index (χ3n) is 13.3. The zero-order chi connectivity index (χ0) is 47.9. The molecule has 0 atom stereocenters. The van der Waals surface area contributed by atoms with E-state index in [1.807, 2.05) is 4.90 Å². The van der Waals surface area contributed by atoms with Crippen molar-refractivity contribution < 1.29 is 28.6 Å². The second-order valence-corrected chi connectivity index (χ2v) is 20.2. The van der Waals surface area contributed by atoms with Crippen LogP contribution in [0.4, 0.5) is 4.79 Å². The fraction of sp³-hybridized carbons (Fsp3) is 0.947. The molecule has 0 heterocycles. The maximum atomic E-state index is 13.7. The van der Waals surface area contributed by atoms with Gasteiger partial charge in [-0.05, 0) is 110 Å². The smallest absolute Gasteiger partial charge is 0.410 e. The topological polar surface area (TPSA) is 85.4 Å². The van der Waals surface area contributed by atoms with E-state index in [1.165, 1.54) is 96.3 Å². The molecule has 0 aromatic rings. The van der Waals surface area contributed by atoms with Crippen LogP contribution >= 0.6 is 0 Å². The summed E-state index contributed by atoms with van der Waals surface area (Å²) < 4.78 is 18.4. The molecular formula is C57H112N2O6. The lowest BCUT2D eigenvalue weighted by atomic mass is 10.0. The average Bonchev–Trinajstić information content (AvgIpc) is 3.28. The number of unbranched alkanes of at least 4 members (excludes halogenated alkanes) is 26. The van der Waals surface area contributed by atoms with E-state index in [9.17, 15) is 14.4 Å². The number of hydrogen-bond donors (Lipinski definition) is 0. The Bertz CT molecular complexity index is 957. The zero-order valence-corrected chi connectivity index (χ0v) is 44.7. The molecule has 0 N–H and O–H groups in total. The number of amides is 1. The number of likely N-dealkylation sites (N-methyl/N-ethyl adjacent to an activating group) is 1. The molecule has 0 spiro atoms. The molecule has 8 heteroatoms. The van der Waals surface area contributed by atoms with Crippen LogP contribution in [-0.4, -0.2) is 79.9 Å². The lowest BCUT2D eigenvalue weighted by Gasteiger charge is -2.27. The molecule has 8 nitrogen and oxygen atoms in total. The van der Waals surface area contributed by atoms with E-state index in [0.717, 1.165) is 167 Å². The second kappa shape index (κ2) is 48.6. The molecule has 0 aromatic carbocycles. The predicted molar refractivity (Wildman–Crippen MR) is 278 cm³/mol. The summed E-state index contributed by atoms with van der Waals surface area (Å²) in [5.74, 6) is -0.00699. The van der Waals surface area contributed by atoms with E-state index in [2.05, 4.69) is 53.6 Å². The first-order valence-electron chi connectivity index (χ1n) is 28.7. The van der Waals surface area contributed by atoms with Crippen molar-refractivity contribution in [1.29, 1.82) is 0 Å². The van der Waals surface area contributed by atoms with E-state index >= 15 is 0 Å². The minimum atomic E-state index is -0.139. The van der Waals surface area contributed by atoms with Crippen LogP contribution in [0, 0.1) is 0 Å². The fourth-order valence-corrected chi connectivity index (χ4v) is 8.91. The molecule has 0 aliphatic rings. The van der Waals surface area contributed by atoms with Gasteiger partial charge in [-0.2, -0.15) is 0 Å². The van der Waals surface area contributed by atoms with Crippen molar-refractivity contribution in [3.63, 3.8) is 0 Å². The summed E-state index contributed by atoms with van der Waals surface area (Å²) in [5, 5.41) is 0. The van der Waals surface area contributed by atoms with Gasteiger partial charge < -0.3 is 24.0 Å². The van der Waals surface area contributed by atoms with Crippen LogP contribution in [0.5, 0.6) is 0 Å². The van der Waals surface area contributed by atoms with Gasteiger partial charge in [0.1, 0.15) is 18.3 Å². The summed E-state index contributed by atoms with van der Waals surface area (Å²) in [6.45, 7) is 13.5. The summed E-state index contributed by atoms with van der Waals surface area (Å²) in [6, 6.07) is 0. The highest BCUT2D eigenvalue weighted by Gasteiger charge is 2.21. The molecule has 386 valence electrons. The van der Waals surface area contributed by atoms with Gasteiger partial charge in [0.15, 0.2) is 0 Å². The average molecular weight is 922 g/mol. The highest BCUT2D eigenvalue weighted by molar-refractivity contribution is 5.70. The van der Waals surface area contributed by atoms with Gasteiger partial charge >= 0.3 is 18.0 Å². The first kappa shape index (κ1) is 63.2. The Kier molecular flexibility index (Phi) is 47.3. The summed E-state index contributed by atoms with van der Waals surface area (Å²) in [5.41, 5.74) is 0. The fourth-order valence-electron chi connectivity index (χ4n) is 8.91. The molecule has 0 rings (SSSR count). The number of carbonyl (C=O) groups excluding carboxylic acids is 3. The van der Waals surface area contributed by atoms with E-state index in [-0.39, 0.29) is 36.3 Å². The Balaban J connectivity index is 4.93. The highest BCUT2D eigenvalue weighted by Crippen LogP contribution is 2.21. The van der Waals surface area contributed by atoms with Crippen molar-refractivity contribution in [2.45, 2.75) is 316 Å². The number of esters is 2. The molecule has 0 aromatic heterocycles. The maximum Gasteiger partial charge on any atom is 0.410 e. The molecule has 0 unspecified atom stereocenters. The Morgan fingerprint density at radius 2 is 0.600 bits per heavy atom. The number of nitrogens with zero attached hydrogens (tertiary/aromatic N) is 2.